The van der Waals surface area contributed by atoms with Crippen molar-refractivity contribution in [3.63, 3.8) is 0 Å². The van der Waals surface area contributed by atoms with Crippen molar-refractivity contribution in [1.82, 2.24) is 15.5 Å². The van der Waals surface area contributed by atoms with Gasteiger partial charge in [-0.25, -0.2) is 0 Å². The second kappa shape index (κ2) is 6.51. The fourth-order valence-corrected chi connectivity index (χ4v) is 2.63. The van der Waals surface area contributed by atoms with E-state index in [1.54, 1.807) is 0 Å². The first-order valence-corrected chi connectivity index (χ1v) is 7.34. The molecular formula is C16H18N4O. The highest BCUT2D eigenvalue weighted by Crippen LogP contribution is 2.25. The summed E-state index contributed by atoms with van der Waals surface area (Å²) >= 11 is 0. The minimum atomic E-state index is 0.0324. The lowest BCUT2D eigenvalue weighted by atomic mass is 10.1. The van der Waals surface area contributed by atoms with Crippen LogP contribution in [0.1, 0.15) is 36.2 Å². The smallest absolute Gasteiger partial charge is 0.243 e. The molecule has 5 nitrogen and oxygen atoms in total. The number of benzene rings is 1. The van der Waals surface area contributed by atoms with Crippen LogP contribution < -0.4 is 5.32 Å². The maximum Gasteiger partial charge on any atom is 0.243 e. The van der Waals surface area contributed by atoms with Crippen molar-refractivity contribution in [2.24, 2.45) is 5.92 Å². The number of nitriles is 1. The number of hydrogen-bond acceptors (Lipinski definition) is 5. The van der Waals surface area contributed by atoms with Gasteiger partial charge in [-0.2, -0.15) is 10.2 Å². The fourth-order valence-electron chi connectivity index (χ4n) is 2.63. The predicted octanol–water partition coefficient (Wildman–Crippen LogP) is 2.42. The first-order chi connectivity index (χ1) is 10.3. The van der Waals surface area contributed by atoms with E-state index in [1.165, 1.54) is 5.56 Å². The molecule has 0 radical (unpaired) electrons. The first-order valence-electron chi connectivity index (χ1n) is 7.34. The first kappa shape index (κ1) is 13.8. The number of rotatable bonds is 5. The molecule has 5 heteroatoms. The molecule has 1 aromatic heterocycles. The molecule has 3 rings (SSSR count). The van der Waals surface area contributed by atoms with Crippen LogP contribution >= 0.6 is 0 Å². The van der Waals surface area contributed by atoms with Crippen LogP contribution in [-0.4, -0.2) is 16.7 Å². The zero-order valence-electron chi connectivity index (χ0n) is 11.8. The molecule has 2 atom stereocenters. The Labute approximate surface area is 124 Å². The van der Waals surface area contributed by atoms with Crippen LogP contribution in [-0.2, 0) is 12.8 Å². The van der Waals surface area contributed by atoms with E-state index in [0.717, 1.165) is 31.5 Å². The molecule has 0 aliphatic carbocycles. The third-order valence-electron chi connectivity index (χ3n) is 3.80. The molecule has 1 aromatic carbocycles. The Morgan fingerprint density at radius 1 is 1.29 bits per heavy atom. The molecule has 0 spiro atoms. The summed E-state index contributed by atoms with van der Waals surface area (Å²) in [5, 5.41) is 16.2. The summed E-state index contributed by atoms with van der Waals surface area (Å²) in [7, 11) is 0. The molecule has 1 aliphatic rings. The minimum Gasteiger partial charge on any atom is -0.338 e. The van der Waals surface area contributed by atoms with Gasteiger partial charge in [0.05, 0.1) is 18.0 Å². The molecule has 0 unspecified atom stereocenters. The Kier molecular flexibility index (Phi) is 4.27. The molecule has 0 bridgehead atoms. The molecule has 2 heterocycles. The second-order valence-electron chi connectivity index (χ2n) is 5.41. The summed E-state index contributed by atoms with van der Waals surface area (Å²) in [4.78, 5) is 4.44. The number of aromatic nitrogens is 2. The number of aryl methyl sites for hydroxylation is 2. The number of nitrogens with one attached hydrogen (secondary N) is 1. The summed E-state index contributed by atoms with van der Waals surface area (Å²) in [6.07, 6.45) is 3.58. The SMILES string of the molecule is N#C[C@@H]1CN[C@H](c2nc(CCCc3ccccc3)no2)C1. The van der Waals surface area contributed by atoms with Crippen molar-refractivity contribution in [2.45, 2.75) is 31.7 Å². The third-order valence-corrected chi connectivity index (χ3v) is 3.80. The standard InChI is InChI=1S/C16H18N4O/c17-10-13-9-14(18-11-13)16-19-15(20-21-16)8-4-7-12-5-2-1-3-6-12/h1-3,5-6,13-14,18H,4,7-9,11H2/t13-,14+/m1/s1. The van der Waals surface area contributed by atoms with Crippen LogP contribution in [0.15, 0.2) is 34.9 Å². The highest BCUT2D eigenvalue weighted by molar-refractivity contribution is 5.14. The average Bonchev–Trinajstić information content (AvgIpc) is 3.17. The Hall–Kier alpha value is -2.19. The summed E-state index contributed by atoms with van der Waals surface area (Å²) in [5.74, 6) is 1.41. The van der Waals surface area contributed by atoms with Gasteiger partial charge in [-0.15, -0.1) is 0 Å². The van der Waals surface area contributed by atoms with Gasteiger partial charge < -0.3 is 9.84 Å². The van der Waals surface area contributed by atoms with Crippen LogP contribution in [0.2, 0.25) is 0 Å². The van der Waals surface area contributed by atoms with E-state index in [9.17, 15) is 0 Å². The van der Waals surface area contributed by atoms with Crippen molar-refractivity contribution in [2.75, 3.05) is 6.54 Å². The molecule has 1 saturated heterocycles. The van der Waals surface area contributed by atoms with E-state index in [4.69, 9.17) is 9.78 Å². The van der Waals surface area contributed by atoms with Crippen LogP contribution in [0.5, 0.6) is 0 Å². The second-order valence-corrected chi connectivity index (χ2v) is 5.41. The van der Waals surface area contributed by atoms with Gasteiger partial charge in [-0.05, 0) is 24.8 Å². The third kappa shape index (κ3) is 3.47. The molecule has 1 N–H and O–H groups in total. The lowest BCUT2D eigenvalue weighted by molar-refractivity contribution is 0.340. The summed E-state index contributed by atoms with van der Waals surface area (Å²) < 4.78 is 5.31. The van der Waals surface area contributed by atoms with Gasteiger partial charge in [-0.3, -0.25) is 0 Å². The Balaban J connectivity index is 1.50. The molecule has 0 amide bonds. The van der Waals surface area contributed by atoms with E-state index in [1.807, 2.05) is 6.07 Å². The van der Waals surface area contributed by atoms with E-state index in [2.05, 4.69) is 45.8 Å². The molecule has 21 heavy (non-hydrogen) atoms. The van der Waals surface area contributed by atoms with Crippen molar-refractivity contribution in [1.29, 1.82) is 5.26 Å². The van der Waals surface area contributed by atoms with Crippen molar-refractivity contribution >= 4 is 0 Å². The fraction of sp³-hybridized carbons (Fsp3) is 0.438. The van der Waals surface area contributed by atoms with E-state index >= 15 is 0 Å². The highest BCUT2D eigenvalue weighted by atomic mass is 16.5. The highest BCUT2D eigenvalue weighted by Gasteiger charge is 2.29. The van der Waals surface area contributed by atoms with Gasteiger partial charge in [0, 0.05) is 13.0 Å². The average molecular weight is 282 g/mol. The van der Waals surface area contributed by atoms with Crippen LogP contribution in [0, 0.1) is 17.2 Å². The zero-order chi connectivity index (χ0) is 14.5. The normalized spacial score (nSPS) is 21.3. The largest absolute Gasteiger partial charge is 0.338 e. The summed E-state index contributed by atoms with van der Waals surface area (Å²) in [6.45, 7) is 0.701. The molecule has 1 aliphatic heterocycles. The van der Waals surface area contributed by atoms with Crippen LogP contribution in [0.25, 0.3) is 0 Å². The molecule has 2 aromatic rings. The monoisotopic (exact) mass is 282 g/mol. The minimum absolute atomic E-state index is 0.0324. The van der Waals surface area contributed by atoms with Crippen molar-refractivity contribution in [3.8, 4) is 6.07 Å². The van der Waals surface area contributed by atoms with Crippen molar-refractivity contribution in [3.05, 3.63) is 47.6 Å². The Bertz CT molecular complexity index is 617. The van der Waals surface area contributed by atoms with Gasteiger partial charge in [0.2, 0.25) is 5.89 Å². The van der Waals surface area contributed by atoms with Gasteiger partial charge in [0.15, 0.2) is 5.82 Å². The van der Waals surface area contributed by atoms with E-state index in [0.29, 0.717) is 12.4 Å². The quantitative estimate of drug-likeness (QED) is 0.911. The van der Waals surface area contributed by atoms with Crippen LogP contribution in [0.4, 0.5) is 0 Å². The van der Waals surface area contributed by atoms with E-state index < -0.39 is 0 Å². The van der Waals surface area contributed by atoms with E-state index in [-0.39, 0.29) is 12.0 Å². The maximum atomic E-state index is 8.90. The number of hydrogen-bond donors (Lipinski definition) is 1. The van der Waals surface area contributed by atoms with Gasteiger partial charge in [0.1, 0.15) is 0 Å². The molecule has 1 fully saturated rings. The topological polar surface area (TPSA) is 74.7 Å². The summed E-state index contributed by atoms with van der Waals surface area (Å²) in [5.41, 5.74) is 1.33. The Morgan fingerprint density at radius 3 is 2.90 bits per heavy atom. The maximum absolute atomic E-state index is 8.90. The lowest BCUT2D eigenvalue weighted by Gasteiger charge is -2.01. The summed E-state index contributed by atoms with van der Waals surface area (Å²) in [6, 6.07) is 12.7. The molecule has 108 valence electrons. The van der Waals surface area contributed by atoms with Gasteiger partial charge >= 0.3 is 0 Å². The molecular weight excluding hydrogens is 264 g/mol. The van der Waals surface area contributed by atoms with Gasteiger partial charge in [-0.1, -0.05) is 35.5 Å². The van der Waals surface area contributed by atoms with Crippen molar-refractivity contribution < 1.29 is 4.52 Å². The zero-order valence-corrected chi connectivity index (χ0v) is 11.8. The van der Waals surface area contributed by atoms with Crippen LogP contribution in [0.3, 0.4) is 0 Å². The van der Waals surface area contributed by atoms with Gasteiger partial charge in [0.25, 0.3) is 0 Å². The predicted molar refractivity (Wildman–Crippen MR) is 77.2 cm³/mol. The molecule has 0 saturated carbocycles. The number of nitrogens with zero attached hydrogens (tertiary/aromatic N) is 3. The Morgan fingerprint density at radius 2 is 2.14 bits per heavy atom. The lowest BCUT2D eigenvalue weighted by Crippen LogP contribution is -2.13.